The molecule has 2 amide bonds. The fourth-order valence-electron chi connectivity index (χ4n) is 4.76. The van der Waals surface area contributed by atoms with Crippen molar-refractivity contribution in [2.75, 3.05) is 33.3 Å². The van der Waals surface area contributed by atoms with Gasteiger partial charge in [-0.05, 0) is 50.3 Å². The largest absolute Gasteiger partial charge is 0.484 e. The molecule has 3 N–H and O–H groups in total. The average molecular weight is 439 g/mol. The van der Waals surface area contributed by atoms with Gasteiger partial charge >= 0.3 is 0 Å². The van der Waals surface area contributed by atoms with E-state index in [1.54, 1.807) is 0 Å². The van der Waals surface area contributed by atoms with Crippen LogP contribution in [0.4, 0.5) is 4.39 Å². The fraction of sp³-hybridized carbons (Fsp3) is 0.619. The molecule has 1 heterocycles. The third-order valence-electron chi connectivity index (χ3n) is 6.65. The van der Waals surface area contributed by atoms with Gasteiger partial charge in [-0.15, -0.1) is 0 Å². The van der Waals surface area contributed by atoms with Crippen molar-refractivity contribution in [3.05, 3.63) is 29.0 Å². The van der Waals surface area contributed by atoms with E-state index in [4.69, 9.17) is 16.3 Å². The van der Waals surface area contributed by atoms with Crippen LogP contribution in [0.1, 0.15) is 19.3 Å². The van der Waals surface area contributed by atoms with Crippen LogP contribution in [0.2, 0.25) is 5.02 Å². The monoisotopic (exact) mass is 438 g/mol. The van der Waals surface area contributed by atoms with Crippen LogP contribution in [0.25, 0.3) is 0 Å². The van der Waals surface area contributed by atoms with Gasteiger partial charge in [0.05, 0.1) is 11.2 Å². The summed E-state index contributed by atoms with van der Waals surface area (Å²) in [7, 11) is 2.04. The quantitative estimate of drug-likeness (QED) is 0.599. The van der Waals surface area contributed by atoms with E-state index < -0.39 is 5.82 Å². The number of benzene rings is 1. The number of nitrogens with zero attached hydrogens (tertiary/aromatic N) is 1. The van der Waals surface area contributed by atoms with Crippen molar-refractivity contribution in [3.8, 4) is 5.75 Å². The molecule has 0 aromatic heterocycles. The fourth-order valence-corrected chi connectivity index (χ4v) is 4.88. The molecule has 7 nitrogen and oxygen atoms in total. The smallest absolute Gasteiger partial charge is 0.258 e. The standard InChI is InChI=1S/C21H28ClFN4O3/c1-27-5-4-24-19(27)10-25-21(29)15-9-18(13-6-12(15)7-13)26-20(28)11-30-14-2-3-16(22)17(23)8-14/h2-3,8,12-13,15,18-19,24H,4-7,9-11H2,1H3,(H,25,29)(H,26,28)/t12?,13?,15-,18+,19?/m1/s1. The van der Waals surface area contributed by atoms with Gasteiger partial charge in [-0.1, -0.05) is 11.6 Å². The molecule has 1 saturated heterocycles. The van der Waals surface area contributed by atoms with Gasteiger partial charge in [-0.2, -0.15) is 0 Å². The molecule has 3 atom stereocenters. The molecular weight excluding hydrogens is 411 g/mol. The molecule has 0 radical (unpaired) electrons. The Morgan fingerprint density at radius 2 is 2.10 bits per heavy atom. The molecule has 1 aromatic carbocycles. The van der Waals surface area contributed by atoms with Crippen molar-refractivity contribution in [1.29, 1.82) is 0 Å². The number of carbonyl (C=O) groups is 2. The first-order valence-corrected chi connectivity index (χ1v) is 10.9. The molecule has 30 heavy (non-hydrogen) atoms. The highest BCUT2D eigenvalue weighted by atomic mass is 35.5. The van der Waals surface area contributed by atoms with Crippen LogP contribution in [0.5, 0.6) is 5.75 Å². The Labute approximate surface area is 180 Å². The Kier molecular flexibility index (Phi) is 6.46. The van der Waals surface area contributed by atoms with Crippen molar-refractivity contribution in [1.82, 2.24) is 20.9 Å². The lowest BCUT2D eigenvalue weighted by atomic mass is 9.57. The number of carbonyl (C=O) groups excluding carboxylic acids is 2. The van der Waals surface area contributed by atoms with Crippen LogP contribution < -0.4 is 20.7 Å². The number of hydrogen-bond acceptors (Lipinski definition) is 5. The number of hydrogen-bond donors (Lipinski definition) is 3. The normalized spacial score (nSPS) is 30.4. The van der Waals surface area contributed by atoms with E-state index in [9.17, 15) is 14.0 Å². The highest BCUT2D eigenvalue weighted by molar-refractivity contribution is 6.30. The second-order valence-corrected chi connectivity index (χ2v) is 8.98. The van der Waals surface area contributed by atoms with E-state index in [-0.39, 0.29) is 47.3 Å². The molecular formula is C21H28ClFN4O3. The summed E-state index contributed by atoms with van der Waals surface area (Å²) in [5.74, 6) is 0.226. The third kappa shape index (κ3) is 4.71. The van der Waals surface area contributed by atoms with Crippen LogP contribution in [0.3, 0.4) is 0 Å². The Morgan fingerprint density at radius 3 is 2.80 bits per heavy atom. The summed E-state index contributed by atoms with van der Waals surface area (Å²) in [4.78, 5) is 27.3. The lowest BCUT2D eigenvalue weighted by Gasteiger charge is -2.50. The van der Waals surface area contributed by atoms with Gasteiger partial charge in [0.1, 0.15) is 11.6 Å². The minimum Gasteiger partial charge on any atom is -0.484 e. The summed E-state index contributed by atoms with van der Waals surface area (Å²) < 4.78 is 18.8. The second kappa shape index (κ2) is 9.08. The molecule has 0 spiro atoms. The van der Waals surface area contributed by atoms with Crippen molar-refractivity contribution in [2.24, 2.45) is 17.8 Å². The maximum Gasteiger partial charge on any atom is 0.258 e. The number of fused-ring (bicyclic) bond motifs is 2. The number of likely N-dealkylation sites (N-methyl/N-ethyl adjacent to an activating group) is 1. The highest BCUT2D eigenvalue weighted by Crippen LogP contribution is 2.49. The Balaban J connectivity index is 1.24. The summed E-state index contributed by atoms with van der Waals surface area (Å²) in [5.41, 5.74) is 0. The predicted molar refractivity (Wildman–Crippen MR) is 111 cm³/mol. The maximum absolute atomic E-state index is 13.5. The Morgan fingerprint density at radius 1 is 1.30 bits per heavy atom. The van der Waals surface area contributed by atoms with E-state index in [1.807, 2.05) is 7.05 Å². The van der Waals surface area contributed by atoms with Gasteiger partial charge in [0.25, 0.3) is 5.91 Å². The van der Waals surface area contributed by atoms with Gasteiger partial charge in [0, 0.05) is 37.7 Å². The van der Waals surface area contributed by atoms with E-state index >= 15 is 0 Å². The summed E-state index contributed by atoms with van der Waals surface area (Å²) in [6.45, 7) is 2.30. The minimum absolute atomic E-state index is 0.00761. The third-order valence-corrected chi connectivity index (χ3v) is 6.95. The van der Waals surface area contributed by atoms with Crippen molar-refractivity contribution in [3.63, 3.8) is 0 Å². The number of amides is 2. The first kappa shape index (κ1) is 21.3. The first-order valence-electron chi connectivity index (χ1n) is 10.5. The van der Waals surface area contributed by atoms with Gasteiger partial charge in [0.15, 0.2) is 6.61 Å². The average Bonchev–Trinajstić information content (AvgIpc) is 3.10. The number of nitrogens with one attached hydrogen (secondary N) is 3. The molecule has 1 aliphatic heterocycles. The molecule has 2 bridgehead atoms. The SMILES string of the molecule is CN1CCNC1CNC(=O)[C@@H]1C[C@H](NC(=O)COc2ccc(Cl)c(F)c2)C2CC1C2. The molecule has 5 rings (SSSR count). The van der Waals surface area contributed by atoms with Crippen molar-refractivity contribution in [2.45, 2.75) is 31.5 Å². The lowest BCUT2D eigenvalue weighted by molar-refractivity contribution is -0.136. The van der Waals surface area contributed by atoms with Crippen LogP contribution >= 0.6 is 11.6 Å². The molecule has 1 aromatic rings. The van der Waals surface area contributed by atoms with E-state index in [0.29, 0.717) is 24.8 Å². The minimum atomic E-state index is -0.588. The first-order chi connectivity index (χ1) is 14.4. The molecule has 9 heteroatoms. The summed E-state index contributed by atoms with van der Waals surface area (Å²) >= 11 is 5.65. The van der Waals surface area contributed by atoms with E-state index in [2.05, 4.69) is 20.9 Å². The van der Waals surface area contributed by atoms with Gasteiger partial charge in [-0.3, -0.25) is 19.8 Å². The molecule has 4 aliphatic rings. The Bertz CT molecular complexity index is 804. The number of ether oxygens (including phenoxy) is 1. The topological polar surface area (TPSA) is 82.7 Å². The van der Waals surface area contributed by atoms with Gasteiger partial charge < -0.3 is 15.4 Å². The maximum atomic E-state index is 13.5. The van der Waals surface area contributed by atoms with Crippen LogP contribution in [-0.2, 0) is 9.59 Å². The predicted octanol–water partition coefficient (Wildman–Crippen LogP) is 1.37. The zero-order chi connectivity index (χ0) is 21.3. The summed E-state index contributed by atoms with van der Waals surface area (Å²) in [6.07, 6.45) is 2.76. The van der Waals surface area contributed by atoms with E-state index in [0.717, 1.165) is 32.0 Å². The van der Waals surface area contributed by atoms with E-state index in [1.165, 1.54) is 12.1 Å². The number of rotatable bonds is 7. The van der Waals surface area contributed by atoms with Crippen LogP contribution in [0.15, 0.2) is 18.2 Å². The zero-order valence-electron chi connectivity index (χ0n) is 17.0. The molecule has 3 saturated carbocycles. The lowest BCUT2D eigenvalue weighted by Crippen LogP contribution is -2.57. The summed E-state index contributed by atoms with van der Waals surface area (Å²) in [5, 5.41) is 9.46. The second-order valence-electron chi connectivity index (χ2n) is 8.57. The molecule has 4 fully saturated rings. The van der Waals surface area contributed by atoms with Gasteiger partial charge in [-0.25, -0.2) is 4.39 Å². The van der Waals surface area contributed by atoms with Crippen LogP contribution in [0, 0.1) is 23.6 Å². The van der Waals surface area contributed by atoms with Gasteiger partial charge in [0.2, 0.25) is 5.91 Å². The van der Waals surface area contributed by atoms with Crippen molar-refractivity contribution >= 4 is 23.4 Å². The Hall–Kier alpha value is -1.90. The molecule has 1 unspecified atom stereocenters. The highest BCUT2D eigenvalue weighted by Gasteiger charge is 2.49. The molecule has 164 valence electrons. The summed E-state index contributed by atoms with van der Waals surface area (Å²) in [6, 6.07) is 4.04. The number of halogens is 2. The molecule has 3 aliphatic carbocycles. The zero-order valence-corrected chi connectivity index (χ0v) is 17.8. The van der Waals surface area contributed by atoms with Crippen molar-refractivity contribution < 1.29 is 18.7 Å². The van der Waals surface area contributed by atoms with Crippen LogP contribution in [-0.4, -0.2) is 62.2 Å².